The smallest absolute Gasteiger partial charge is 0.247 e. The number of H-pyrrole nitrogens is 1. The summed E-state index contributed by atoms with van der Waals surface area (Å²) in [5, 5.41) is 7.02. The zero-order valence-electron chi connectivity index (χ0n) is 15.0. The third-order valence-electron chi connectivity index (χ3n) is 4.61. The van der Waals surface area contributed by atoms with E-state index in [0.29, 0.717) is 16.7 Å². The van der Waals surface area contributed by atoms with E-state index in [4.69, 9.17) is 0 Å². The van der Waals surface area contributed by atoms with Crippen LogP contribution in [0.5, 0.6) is 0 Å². The van der Waals surface area contributed by atoms with E-state index in [1.54, 1.807) is 0 Å². The van der Waals surface area contributed by atoms with Crippen LogP contribution >= 0.6 is 11.8 Å². The molecule has 0 radical (unpaired) electrons. The van der Waals surface area contributed by atoms with Gasteiger partial charge in [0.05, 0.1) is 5.69 Å². The normalized spacial score (nSPS) is 17.0. The summed E-state index contributed by atoms with van der Waals surface area (Å²) >= 11 is 1.22. The van der Waals surface area contributed by atoms with Crippen LogP contribution in [0.3, 0.4) is 0 Å². The molecule has 1 aliphatic heterocycles. The Morgan fingerprint density at radius 2 is 1.85 bits per heavy atom. The maximum Gasteiger partial charge on any atom is 0.247 e. The van der Waals surface area contributed by atoms with E-state index in [1.165, 1.54) is 16.7 Å². The summed E-state index contributed by atoms with van der Waals surface area (Å²) in [6, 6.07) is 15.2. The Bertz CT molecular complexity index is 1020. The molecule has 1 aliphatic rings. The average molecular weight is 378 g/mol. The van der Waals surface area contributed by atoms with E-state index >= 15 is 0 Å². The third kappa shape index (κ3) is 3.38. The largest absolute Gasteiger partial charge is 0.274 e. The second kappa shape index (κ2) is 7.00. The molecule has 0 spiro atoms. The van der Waals surface area contributed by atoms with Gasteiger partial charge in [-0.1, -0.05) is 48.2 Å². The number of aromatic amines is 1. The molecule has 1 fully saturated rings. The van der Waals surface area contributed by atoms with E-state index in [2.05, 4.69) is 15.2 Å². The highest BCUT2D eigenvalue weighted by Gasteiger charge is 2.40. The van der Waals surface area contributed by atoms with Crippen molar-refractivity contribution in [1.29, 1.82) is 0 Å². The number of hydrogen-bond acceptors (Lipinski definition) is 5. The summed E-state index contributed by atoms with van der Waals surface area (Å²) in [6.45, 7) is 3.97. The Morgan fingerprint density at radius 3 is 2.59 bits per heavy atom. The number of aryl methyl sites for hydroxylation is 2. The third-order valence-corrected chi connectivity index (χ3v) is 5.66. The van der Waals surface area contributed by atoms with Crippen LogP contribution < -0.4 is 4.90 Å². The van der Waals surface area contributed by atoms with E-state index in [9.17, 15) is 9.59 Å². The predicted molar refractivity (Wildman–Crippen MR) is 104 cm³/mol. The van der Waals surface area contributed by atoms with Crippen LogP contribution in [0.1, 0.15) is 17.5 Å². The maximum atomic E-state index is 12.8. The van der Waals surface area contributed by atoms with Crippen LogP contribution in [-0.4, -0.2) is 32.2 Å². The Kier molecular flexibility index (Phi) is 4.53. The lowest BCUT2D eigenvalue weighted by Gasteiger charge is -2.16. The van der Waals surface area contributed by atoms with Gasteiger partial charge in [-0.3, -0.25) is 14.7 Å². The van der Waals surface area contributed by atoms with E-state index < -0.39 is 5.25 Å². The molecule has 6 nitrogen and oxygen atoms in total. The van der Waals surface area contributed by atoms with Crippen LogP contribution in [0.15, 0.2) is 53.7 Å². The minimum absolute atomic E-state index is 0.144. The van der Waals surface area contributed by atoms with Gasteiger partial charge in [-0.25, -0.2) is 9.88 Å². The number of aromatic nitrogens is 3. The summed E-state index contributed by atoms with van der Waals surface area (Å²) in [5.41, 5.74) is 3.71. The molecule has 0 bridgehead atoms. The van der Waals surface area contributed by atoms with Crippen molar-refractivity contribution in [2.45, 2.75) is 30.7 Å². The van der Waals surface area contributed by atoms with Gasteiger partial charge in [-0.05, 0) is 37.1 Å². The monoisotopic (exact) mass is 378 g/mol. The highest BCUT2D eigenvalue weighted by molar-refractivity contribution is 8.00. The number of anilines is 1. The van der Waals surface area contributed by atoms with E-state index in [-0.39, 0.29) is 18.2 Å². The minimum atomic E-state index is -0.515. The Hall–Kier alpha value is -2.93. The lowest BCUT2D eigenvalue weighted by molar-refractivity contribution is -0.121. The first kappa shape index (κ1) is 17.5. The Morgan fingerprint density at radius 1 is 1.07 bits per heavy atom. The fourth-order valence-electron chi connectivity index (χ4n) is 2.98. The summed E-state index contributed by atoms with van der Waals surface area (Å²) in [4.78, 5) is 31.0. The number of nitrogens with one attached hydrogen (secondary N) is 1. The topological polar surface area (TPSA) is 79.0 Å². The number of hydrogen-bond donors (Lipinski definition) is 1. The van der Waals surface area contributed by atoms with E-state index in [0.717, 1.165) is 16.7 Å². The molecule has 27 heavy (non-hydrogen) atoms. The molecule has 0 unspecified atom stereocenters. The first-order chi connectivity index (χ1) is 13.0. The van der Waals surface area contributed by atoms with Gasteiger partial charge in [-0.2, -0.15) is 0 Å². The SMILES string of the molecule is Cc1ccc(N2C(=O)C[C@@H](Sc3n[nH]c(-c4ccccc4)n3)C2=O)cc1C. The molecular weight excluding hydrogens is 360 g/mol. The van der Waals surface area contributed by atoms with Crippen molar-refractivity contribution in [1.82, 2.24) is 15.2 Å². The zero-order chi connectivity index (χ0) is 19.0. The summed E-state index contributed by atoms with van der Waals surface area (Å²) < 4.78 is 0. The number of imide groups is 1. The standard InChI is InChI=1S/C20H18N4O2S/c1-12-8-9-15(10-13(12)2)24-17(25)11-16(19(24)26)27-20-21-18(22-23-20)14-6-4-3-5-7-14/h3-10,16H,11H2,1-2H3,(H,21,22,23)/t16-/m1/s1. The van der Waals surface area contributed by atoms with Gasteiger partial charge in [0.2, 0.25) is 17.0 Å². The van der Waals surface area contributed by atoms with Gasteiger partial charge in [0.15, 0.2) is 5.82 Å². The number of rotatable bonds is 4. The van der Waals surface area contributed by atoms with Gasteiger partial charge < -0.3 is 0 Å². The molecule has 0 saturated carbocycles. The molecule has 7 heteroatoms. The van der Waals surface area contributed by atoms with Crippen molar-refractivity contribution in [3.05, 3.63) is 59.7 Å². The van der Waals surface area contributed by atoms with Gasteiger partial charge in [0, 0.05) is 12.0 Å². The molecule has 1 atom stereocenters. The summed E-state index contributed by atoms with van der Waals surface area (Å²) in [7, 11) is 0. The zero-order valence-corrected chi connectivity index (χ0v) is 15.8. The minimum Gasteiger partial charge on any atom is -0.274 e. The van der Waals surface area contributed by atoms with Crippen LogP contribution in [0, 0.1) is 13.8 Å². The first-order valence-corrected chi connectivity index (χ1v) is 9.49. The van der Waals surface area contributed by atoms with Crippen molar-refractivity contribution >= 4 is 29.3 Å². The lowest BCUT2D eigenvalue weighted by atomic mass is 10.1. The number of benzene rings is 2. The fraction of sp³-hybridized carbons (Fsp3) is 0.200. The molecule has 1 aromatic heterocycles. The molecule has 2 amide bonds. The molecule has 2 heterocycles. The predicted octanol–water partition coefficient (Wildman–Crippen LogP) is 3.51. The van der Waals surface area contributed by atoms with Crippen LogP contribution in [0.4, 0.5) is 5.69 Å². The number of nitrogens with zero attached hydrogens (tertiary/aromatic N) is 3. The Labute approximate surface area is 161 Å². The van der Waals surface area contributed by atoms with Crippen molar-refractivity contribution in [3.8, 4) is 11.4 Å². The second-order valence-corrected chi connectivity index (χ2v) is 7.65. The highest BCUT2D eigenvalue weighted by Crippen LogP contribution is 2.33. The molecular formula is C20H18N4O2S. The lowest BCUT2D eigenvalue weighted by Crippen LogP contribution is -2.31. The molecule has 0 aliphatic carbocycles. The van der Waals surface area contributed by atoms with Crippen molar-refractivity contribution < 1.29 is 9.59 Å². The second-order valence-electron chi connectivity index (χ2n) is 6.48. The van der Waals surface area contributed by atoms with Gasteiger partial charge in [-0.15, -0.1) is 5.10 Å². The molecule has 2 aromatic carbocycles. The quantitative estimate of drug-likeness (QED) is 0.703. The Balaban J connectivity index is 1.52. The molecule has 1 saturated heterocycles. The number of carbonyl (C=O) groups excluding carboxylic acids is 2. The van der Waals surface area contributed by atoms with Gasteiger partial charge in [0.1, 0.15) is 5.25 Å². The van der Waals surface area contributed by atoms with E-state index in [1.807, 2.05) is 62.4 Å². The summed E-state index contributed by atoms with van der Waals surface area (Å²) in [6.07, 6.45) is 0.144. The van der Waals surface area contributed by atoms with Crippen molar-refractivity contribution in [2.24, 2.45) is 0 Å². The molecule has 1 N–H and O–H groups in total. The fourth-order valence-corrected chi connectivity index (χ4v) is 3.91. The van der Waals surface area contributed by atoms with Crippen LogP contribution in [0.25, 0.3) is 11.4 Å². The average Bonchev–Trinajstić information content (AvgIpc) is 3.23. The van der Waals surface area contributed by atoms with Crippen LogP contribution in [0.2, 0.25) is 0 Å². The number of carbonyl (C=O) groups is 2. The molecule has 3 aromatic rings. The van der Waals surface area contributed by atoms with Crippen molar-refractivity contribution in [3.63, 3.8) is 0 Å². The van der Waals surface area contributed by atoms with Gasteiger partial charge in [0.25, 0.3) is 0 Å². The van der Waals surface area contributed by atoms with Gasteiger partial charge >= 0.3 is 0 Å². The summed E-state index contributed by atoms with van der Waals surface area (Å²) in [5.74, 6) is 0.222. The van der Waals surface area contributed by atoms with Crippen molar-refractivity contribution in [2.75, 3.05) is 4.90 Å². The maximum absolute atomic E-state index is 12.8. The number of thioether (sulfide) groups is 1. The molecule has 136 valence electrons. The van der Waals surface area contributed by atoms with Crippen LogP contribution in [-0.2, 0) is 9.59 Å². The highest BCUT2D eigenvalue weighted by atomic mass is 32.2. The first-order valence-electron chi connectivity index (χ1n) is 8.61. The number of amides is 2. The molecule has 4 rings (SSSR count).